The largest absolute Gasteiger partial charge is 0.376 e. The molecule has 0 saturated carbocycles. The number of nitrogens with one attached hydrogen (secondary N) is 2. The average Bonchev–Trinajstić information content (AvgIpc) is 3.33. The second-order valence-electron chi connectivity index (χ2n) is 8.48. The molecule has 2 amide bonds. The van der Waals surface area contributed by atoms with E-state index in [2.05, 4.69) is 15.5 Å². The van der Waals surface area contributed by atoms with Crippen LogP contribution in [0.5, 0.6) is 0 Å². The van der Waals surface area contributed by atoms with Crippen LogP contribution in [0, 0.1) is 5.82 Å². The van der Waals surface area contributed by atoms with Crippen molar-refractivity contribution in [2.24, 2.45) is 0 Å². The molecule has 32 heavy (non-hydrogen) atoms. The van der Waals surface area contributed by atoms with Crippen LogP contribution in [0.1, 0.15) is 48.0 Å². The smallest absolute Gasteiger partial charge is 0.253 e. The molecule has 1 unspecified atom stereocenters. The Bertz CT molecular complexity index is 936. The first kappa shape index (κ1) is 22.3. The van der Waals surface area contributed by atoms with Crippen molar-refractivity contribution in [1.29, 1.82) is 0 Å². The topological polar surface area (TPSA) is 70.7 Å². The van der Waals surface area contributed by atoms with E-state index in [-0.39, 0.29) is 30.2 Å². The zero-order chi connectivity index (χ0) is 22.3. The van der Waals surface area contributed by atoms with E-state index in [0.717, 1.165) is 56.6 Å². The molecule has 4 rings (SSSR count). The molecule has 2 saturated heterocycles. The molecule has 0 radical (unpaired) electrons. The lowest BCUT2D eigenvalue weighted by molar-refractivity contribution is -0.115. The fourth-order valence-corrected chi connectivity index (χ4v) is 4.31. The number of hydrogen-bond acceptors (Lipinski definition) is 4. The lowest BCUT2D eigenvalue weighted by Gasteiger charge is -2.30. The van der Waals surface area contributed by atoms with Crippen LogP contribution in [0.25, 0.3) is 0 Å². The number of rotatable bonds is 7. The van der Waals surface area contributed by atoms with Gasteiger partial charge in [-0.3, -0.25) is 9.59 Å². The number of halogens is 1. The first-order valence-electron chi connectivity index (χ1n) is 11.4. The predicted octanol–water partition coefficient (Wildman–Crippen LogP) is 3.91. The summed E-state index contributed by atoms with van der Waals surface area (Å²) in [4.78, 5) is 27.8. The van der Waals surface area contributed by atoms with Gasteiger partial charge in [0.05, 0.1) is 18.1 Å². The summed E-state index contributed by atoms with van der Waals surface area (Å²) in [5.41, 5.74) is 2.75. The molecule has 0 spiro atoms. The van der Waals surface area contributed by atoms with E-state index in [1.807, 2.05) is 12.1 Å². The monoisotopic (exact) mass is 439 g/mol. The number of benzene rings is 2. The number of carbonyl (C=O) groups excluding carboxylic acids is 2. The minimum absolute atomic E-state index is 0.0657. The van der Waals surface area contributed by atoms with Crippen molar-refractivity contribution in [3.63, 3.8) is 0 Å². The SMILES string of the molecule is O=C(Cc1ccc(F)cc1)Nc1ccc(N2CCCCC2)c(C(=O)NCC2CCCO2)c1. The van der Waals surface area contributed by atoms with Crippen molar-refractivity contribution in [1.82, 2.24) is 5.32 Å². The van der Waals surface area contributed by atoms with Crippen LogP contribution in [0.3, 0.4) is 0 Å². The van der Waals surface area contributed by atoms with Gasteiger partial charge in [-0.1, -0.05) is 12.1 Å². The highest BCUT2D eigenvalue weighted by molar-refractivity contribution is 6.02. The van der Waals surface area contributed by atoms with E-state index < -0.39 is 0 Å². The minimum atomic E-state index is -0.332. The van der Waals surface area contributed by atoms with Crippen LogP contribution in [0.2, 0.25) is 0 Å². The highest BCUT2D eigenvalue weighted by Gasteiger charge is 2.22. The Morgan fingerprint density at radius 2 is 1.81 bits per heavy atom. The highest BCUT2D eigenvalue weighted by atomic mass is 19.1. The maximum atomic E-state index is 13.1. The summed E-state index contributed by atoms with van der Waals surface area (Å²) >= 11 is 0. The summed E-state index contributed by atoms with van der Waals surface area (Å²) < 4.78 is 18.7. The lowest BCUT2D eigenvalue weighted by atomic mass is 10.1. The molecule has 2 heterocycles. The van der Waals surface area contributed by atoms with E-state index >= 15 is 0 Å². The average molecular weight is 440 g/mol. The van der Waals surface area contributed by atoms with Crippen LogP contribution in [0.15, 0.2) is 42.5 Å². The van der Waals surface area contributed by atoms with Crippen LogP contribution >= 0.6 is 0 Å². The fourth-order valence-electron chi connectivity index (χ4n) is 4.31. The summed E-state index contributed by atoms with van der Waals surface area (Å²) in [7, 11) is 0. The van der Waals surface area contributed by atoms with Gasteiger partial charge >= 0.3 is 0 Å². The van der Waals surface area contributed by atoms with Gasteiger partial charge in [-0.2, -0.15) is 0 Å². The van der Waals surface area contributed by atoms with Gasteiger partial charge in [0.15, 0.2) is 0 Å². The van der Waals surface area contributed by atoms with Gasteiger partial charge in [0.25, 0.3) is 5.91 Å². The molecule has 0 aromatic heterocycles. The molecular formula is C25H30FN3O3. The molecule has 0 bridgehead atoms. The Balaban J connectivity index is 1.48. The van der Waals surface area contributed by atoms with Crippen LogP contribution in [0.4, 0.5) is 15.8 Å². The number of ether oxygens (including phenoxy) is 1. The summed E-state index contributed by atoms with van der Waals surface area (Å²) in [5, 5.41) is 5.88. The van der Waals surface area contributed by atoms with Gasteiger partial charge < -0.3 is 20.3 Å². The van der Waals surface area contributed by atoms with Crippen molar-refractivity contribution in [3.8, 4) is 0 Å². The Morgan fingerprint density at radius 3 is 2.53 bits per heavy atom. The van der Waals surface area contributed by atoms with Crippen molar-refractivity contribution in [3.05, 3.63) is 59.4 Å². The number of anilines is 2. The number of piperidine rings is 1. The first-order chi connectivity index (χ1) is 15.6. The summed E-state index contributed by atoms with van der Waals surface area (Å²) in [6.45, 7) is 3.07. The van der Waals surface area contributed by atoms with E-state index in [9.17, 15) is 14.0 Å². The van der Waals surface area contributed by atoms with Crippen molar-refractivity contribution in [2.45, 2.75) is 44.6 Å². The standard InChI is InChI=1S/C25H30FN3O3/c26-19-8-6-18(7-9-19)15-24(30)28-20-10-11-23(29-12-2-1-3-13-29)22(16-20)25(31)27-17-21-5-4-14-32-21/h6-11,16,21H,1-5,12-15,17H2,(H,27,31)(H,28,30). The van der Waals surface area contributed by atoms with Crippen LogP contribution in [-0.4, -0.2) is 44.2 Å². The summed E-state index contributed by atoms with van der Waals surface area (Å²) in [5.74, 6) is -0.704. The third-order valence-corrected chi connectivity index (χ3v) is 6.01. The maximum absolute atomic E-state index is 13.1. The number of hydrogen-bond donors (Lipinski definition) is 2. The molecule has 6 nitrogen and oxygen atoms in total. The molecule has 2 N–H and O–H groups in total. The van der Waals surface area contributed by atoms with Crippen molar-refractivity contribution < 1.29 is 18.7 Å². The Labute approximate surface area is 188 Å². The Hall–Kier alpha value is -2.93. The molecule has 2 aromatic carbocycles. The molecule has 170 valence electrons. The third-order valence-electron chi connectivity index (χ3n) is 6.01. The molecule has 1 atom stereocenters. The van der Waals surface area contributed by atoms with E-state index in [1.54, 1.807) is 18.2 Å². The molecule has 2 aromatic rings. The van der Waals surface area contributed by atoms with Crippen molar-refractivity contribution in [2.75, 3.05) is 36.5 Å². The van der Waals surface area contributed by atoms with Crippen LogP contribution < -0.4 is 15.5 Å². The quantitative estimate of drug-likeness (QED) is 0.686. The van der Waals surface area contributed by atoms with E-state index in [0.29, 0.717) is 17.8 Å². The summed E-state index contributed by atoms with van der Waals surface area (Å²) in [6, 6.07) is 11.4. The maximum Gasteiger partial charge on any atom is 0.253 e. The second-order valence-corrected chi connectivity index (χ2v) is 8.48. The summed E-state index contributed by atoms with van der Waals surface area (Å²) in [6.07, 6.45) is 5.59. The molecule has 2 aliphatic heterocycles. The minimum Gasteiger partial charge on any atom is -0.376 e. The van der Waals surface area contributed by atoms with Crippen molar-refractivity contribution >= 4 is 23.2 Å². The molecular weight excluding hydrogens is 409 g/mol. The normalized spacial score (nSPS) is 18.4. The lowest BCUT2D eigenvalue weighted by Crippen LogP contribution is -2.35. The van der Waals surface area contributed by atoms with Gasteiger partial charge in [0.1, 0.15) is 5.82 Å². The Kier molecular flexibility index (Phi) is 7.37. The van der Waals surface area contributed by atoms with E-state index in [1.165, 1.54) is 18.6 Å². The zero-order valence-electron chi connectivity index (χ0n) is 18.2. The van der Waals surface area contributed by atoms with Gasteiger partial charge in [0, 0.05) is 37.6 Å². The van der Waals surface area contributed by atoms with Gasteiger partial charge in [-0.05, 0) is 68.0 Å². The zero-order valence-corrected chi connectivity index (χ0v) is 18.2. The predicted molar refractivity (Wildman–Crippen MR) is 123 cm³/mol. The highest BCUT2D eigenvalue weighted by Crippen LogP contribution is 2.27. The van der Waals surface area contributed by atoms with Gasteiger partial charge in [-0.25, -0.2) is 4.39 Å². The second kappa shape index (κ2) is 10.6. The first-order valence-corrected chi connectivity index (χ1v) is 11.4. The molecule has 2 fully saturated rings. The van der Waals surface area contributed by atoms with Gasteiger partial charge in [0.2, 0.25) is 5.91 Å². The molecule has 2 aliphatic rings. The number of amides is 2. The van der Waals surface area contributed by atoms with Crippen LogP contribution in [-0.2, 0) is 16.0 Å². The number of carbonyl (C=O) groups is 2. The molecule has 0 aliphatic carbocycles. The third kappa shape index (κ3) is 5.85. The van der Waals surface area contributed by atoms with Gasteiger partial charge in [-0.15, -0.1) is 0 Å². The Morgan fingerprint density at radius 1 is 1.03 bits per heavy atom. The fraction of sp³-hybridized carbons (Fsp3) is 0.440. The number of nitrogens with zero attached hydrogens (tertiary/aromatic N) is 1. The van der Waals surface area contributed by atoms with E-state index in [4.69, 9.17) is 4.74 Å². The molecule has 7 heteroatoms.